The van der Waals surface area contributed by atoms with Crippen molar-refractivity contribution in [2.75, 3.05) is 13.2 Å². The van der Waals surface area contributed by atoms with Crippen molar-refractivity contribution in [2.24, 2.45) is 5.92 Å². The van der Waals surface area contributed by atoms with E-state index in [1.807, 2.05) is 0 Å². The third-order valence-electron chi connectivity index (χ3n) is 2.27. The first kappa shape index (κ1) is 11.8. The molecule has 15 heavy (non-hydrogen) atoms. The molecule has 0 unspecified atom stereocenters. The van der Waals surface area contributed by atoms with Crippen molar-refractivity contribution in [2.45, 2.75) is 25.3 Å². The molecule has 2 amide bonds. The van der Waals surface area contributed by atoms with E-state index in [-0.39, 0.29) is 13.0 Å². The zero-order chi connectivity index (χ0) is 11.3. The predicted octanol–water partition coefficient (Wildman–Crippen LogP) is -0.469. The van der Waals surface area contributed by atoms with Crippen molar-refractivity contribution >= 4 is 12.0 Å². The summed E-state index contributed by atoms with van der Waals surface area (Å²) in [6.45, 7) is 0.331. The summed E-state index contributed by atoms with van der Waals surface area (Å²) in [5, 5.41) is 22.2. The summed E-state index contributed by atoms with van der Waals surface area (Å²) < 4.78 is 0. The van der Waals surface area contributed by atoms with Crippen molar-refractivity contribution in [3.63, 3.8) is 0 Å². The monoisotopic (exact) mass is 216 g/mol. The average Bonchev–Trinajstić information content (AvgIpc) is 2.97. The molecule has 0 bridgehead atoms. The van der Waals surface area contributed by atoms with Gasteiger partial charge in [-0.15, -0.1) is 0 Å². The Kier molecular flexibility index (Phi) is 4.36. The summed E-state index contributed by atoms with van der Waals surface area (Å²) in [7, 11) is 0. The fraction of sp³-hybridized carbons (Fsp3) is 0.778. The zero-order valence-electron chi connectivity index (χ0n) is 8.40. The maximum Gasteiger partial charge on any atom is 0.326 e. The summed E-state index contributed by atoms with van der Waals surface area (Å²) in [4.78, 5) is 21.8. The van der Waals surface area contributed by atoms with Gasteiger partial charge < -0.3 is 20.8 Å². The first-order valence-electron chi connectivity index (χ1n) is 5.01. The third-order valence-corrected chi connectivity index (χ3v) is 2.27. The van der Waals surface area contributed by atoms with Crippen molar-refractivity contribution in [1.82, 2.24) is 10.6 Å². The molecule has 0 aromatic heterocycles. The molecule has 0 spiro atoms. The fourth-order valence-electron chi connectivity index (χ4n) is 1.15. The molecule has 86 valence electrons. The van der Waals surface area contributed by atoms with E-state index in [0.717, 1.165) is 12.8 Å². The molecule has 1 fully saturated rings. The number of urea groups is 1. The molecular formula is C9H16N2O4. The normalized spacial score (nSPS) is 16.9. The molecule has 0 saturated heterocycles. The molecule has 0 heterocycles. The summed E-state index contributed by atoms with van der Waals surface area (Å²) in [5.41, 5.74) is 0. The average molecular weight is 216 g/mol. The van der Waals surface area contributed by atoms with Crippen LogP contribution in [0.2, 0.25) is 0 Å². The molecule has 1 aliphatic rings. The van der Waals surface area contributed by atoms with E-state index in [4.69, 9.17) is 10.2 Å². The first-order chi connectivity index (χ1) is 7.13. The number of carboxylic acids is 1. The number of carboxylic acid groups (broad SMARTS) is 1. The lowest BCUT2D eigenvalue weighted by Crippen LogP contribution is -2.46. The Hall–Kier alpha value is -1.30. The van der Waals surface area contributed by atoms with Gasteiger partial charge in [-0.1, -0.05) is 0 Å². The molecule has 1 saturated carbocycles. The Labute approximate surface area is 87.7 Å². The molecule has 0 aliphatic heterocycles. The number of hydrogen-bond donors (Lipinski definition) is 4. The van der Waals surface area contributed by atoms with Gasteiger partial charge in [-0.3, -0.25) is 0 Å². The van der Waals surface area contributed by atoms with Crippen LogP contribution in [0.15, 0.2) is 0 Å². The van der Waals surface area contributed by atoms with Crippen LogP contribution in [0, 0.1) is 5.92 Å². The lowest BCUT2D eigenvalue weighted by Gasteiger charge is -2.13. The van der Waals surface area contributed by atoms with Gasteiger partial charge in [0.2, 0.25) is 0 Å². The quantitative estimate of drug-likeness (QED) is 0.482. The fourth-order valence-corrected chi connectivity index (χ4v) is 1.15. The van der Waals surface area contributed by atoms with Gasteiger partial charge in [0, 0.05) is 19.6 Å². The van der Waals surface area contributed by atoms with Crippen molar-refractivity contribution < 1.29 is 19.8 Å². The van der Waals surface area contributed by atoms with Crippen molar-refractivity contribution in [3.8, 4) is 0 Å². The Balaban J connectivity index is 2.22. The Morgan fingerprint density at radius 2 is 2.07 bits per heavy atom. The number of hydrogen-bond acceptors (Lipinski definition) is 3. The van der Waals surface area contributed by atoms with Crippen LogP contribution >= 0.6 is 0 Å². The third kappa shape index (κ3) is 4.64. The minimum absolute atomic E-state index is 0.0200. The van der Waals surface area contributed by atoms with Gasteiger partial charge in [0.05, 0.1) is 0 Å². The molecule has 1 aliphatic carbocycles. The predicted molar refractivity (Wildman–Crippen MR) is 52.4 cm³/mol. The van der Waals surface area contributed by atoms with Crippen molar-refractivity contribution in [1.29, 1.82) is 0 Å². The van der Waals surface area contributed by atoms with E-state index in [2.05, 4.69) is 10.6 Å². The van der Waals surface area contributed by atoms with Gasteiger partial charge in [0.25, 0.3) is 0 Å². The number of amides is 2. The molecule has 6 heteroatoms. The highest BCUT2D eigenvalue weighted by molar-refractivity contribution is 5.82. The molecule has 1 atom stereocenters. The SMILES string of the molecule is O=C(NCC1CC1)N[C@H](CCO)C(=O)O. The number of aliphatic carboxylic acids is 1. The maximum atomic E-state index is 11.2. The van der Waals surface area contributed by atoms with Crippen molar-refractivity contribution in [3.05, 3.63) is 0 Å². The molecule has 0 aromatic rings. The number of aliphatic hydroxyl groups is 1. The van der Waals surface area contributed by atoms with Crippen LogP contribution in [0.25, 0.3) is 0 Å². The van der Waals surface area contributed by atoms with E-state index in [9.17, 15) is 9.59 Å². The van der Waals surface area contributed by atoms with Crippen LogP contribution < -0.4 is 10.6 Å². The van der Waals surface area contributed by atoms with E-state index in [1.54, 1.807) is 0 Å². The van der Waals surface area contributed by atoms with Gasteiger partial charge in [0.15, 0.2) is 0 Å². The van der Waals surface area contributed by atoms with Gasteiger partial charge in [-0.2, -0.15) is 0 Å². The summed E-state index contributed by atoms with van der Waals surface area (Å²) in [5.74, 6) is -0.581. The number of nitrogens with one attached hydrogen (secondary N) is 2. The number of rotatable bonds is 6. The molecule has 4 N–H and O–H groups in total. The van der Waals surface area contributed by atoms with Crippen LogP contribution in [-0.4, -0.2) is 41.4 Å². The topological polar surface area (TPSA) is 98.7 Å². The van der Waals surface area contributed by atoms with E-state index in [1.165, 1.54) is 0 Å². The Morgan fingerprint density at radius 1 is 1.40 bits per heavy atom. The minimum atomic E-state index is -1.13. The van der Waals surface area contributed by atoms with Gasteiger partial charge in [0.1, 0.15) is 6.04 Å². The maximum absolute atomic E-state index is 11.2. The van der Waals surface area contributed by atoms with Crippen LogP contribution in [0.4, 0.5) is 4.79 Å². The second-order valence-corrected chi connectivity index (χ2v) is 3.70. The lowest BCUT2D eigenvalue weighted by atomic mass is 10.2. The second kappa shape index (κ2) is 5.55. The highest BCUT2D eigenvalue weighted by atomic mass is 16.4. The smallest absolute Gasteiger partial charge is 0.326 e. The van der Waals surface area contributed by atoms with Gasteiger partial charge >= 0.3 is 12.0 Å². The highest BCUT2D eigenvalue weighted by Gasteiger charge is 2.23. The van der Waals surface area contributed by atoms with E-state index in [0.29, 0.717) is 12.5 Å². The molecule has 6 nitrogen and oxygen atoms in total. The molecule has 0 aromatic carbocycles. The minimum Gasteiger partial charge on any atom is -0.480 e. The summed E-state index contributed by atoms with van der Waals surface area (Å²) in [6, 6.07) is -1.50. The molecule has 1 rings (SSSR count). The van der Waals surface area contributed by atoms with Crippen LogP contribution in [0.3, 0.4) is 0 Å². The number of carbonyl (C=O) groups excluding carboxylic acids is 1. The van der Waals surface area contributed by atoms with E-state index >= 15 is 0 Å². The number of aliphatic hydroxyl groups excluding tert-OH is 1. The van der Waals surface area contributed by atoms with Crippen LogP contribution in [0.1, 0.15) is 19.3 Å². The molecular weight excluding hydrogens is 200 g/mol. The first-order valence-corrected chi connectivity index (χ1v) is 5.01. The summed E-state index contributed by atoms with van der Waals surface area (Å²) in [6.07, 6.45) is 2.27. The van der Waals surface area contributed by atoms with Gasteiger partial charge in [-0.05, 0) is 18.8 Å². The van der Waals surface area contributed by atoms with Crippen LogP contribution in [-0.2, 0) is 4.79 Å². The summed E-state index contributed by atoms with van der Waals surface area (Å²) >= 11 is 0. The van der Waals surface area contributed by atoms with Crippen LogP contribution in [0.5, 0.6) is 0 Å². The lowest BCUT2D eigenvalue weighted by molar-refractivity contribution is -0.139. The van der Waals surface area contributed by atoms with E-state index < -0.39 is 18.0 Å². The standard InChI is InChI=1S/C9H16N2O4/c12-4-3-7(8(13)14)11-9(15)10-5-6-1-2-6/h6-7,12H,1-5H2,(H,13,14)(H2,10,11,15)/t7-/m1/s1. The largest absolute Gasteiger partial charge is 0.480 e. The highest BCUT2D eigenvalue weighted by Crippen LogP contribution is 2.27. The zero-order valence-corrected chi connectivity index (χ0v) is 8.40. The number of carbonyl (C=O) groups is 2. The Morgan fingerprint density at radius 3 is 2.53 bits per heavy atom. The second-order valence-electron chi connectivity index (χ2n) is 3.70. The Bertz CT molecular complexity index is 240. The molecule has 0 radical (unpaired) electrons. The van der Waals surface area contributed by atoms with Gasteiger partial charge in [-0.25, -0.2) is 9.59 Å².